The van der Waals surface area contributed by atoms with Crippen LogP contribution in [-0.2, 0) is 6.54 Å². The molecular weight excluding hydrogens is 174 g/mol. The van der Waals surface area contributed by atoms with Gasteiger partial charge in [0.15, 0.2) is 10.9 Å². The Bertz CT molecular complexity index is 281. The van der Waals surface area contributed by atoms with E-state index >= 15 is 0 Å². The first-order chi connectivity index (χ1) is 5.59. The third kappa shape index (κ3) is 2.16. The molecule has 0 aromatic carbocycles. The number of hydrogen-bond donors (Lipinski definition) is 2. The average molecular weight is 185 g/mol. The first-order valence-corrected chi connectivity index (χ1v) is 3.89. The maximum absolute atomic E-state index is 5.38. The van der Waals surface area contributed by atoms with E-state index in [-0.39, 0.29) is 0 Å². The van der Waals surface area contributed by atoms with Gasteiger partial charge in [-0.25, -0.2) is 4.98 Å². The molecule has 66 valence electrons. The van der Waals surface area contributed by atoms with Crippen LogP contribution in [0.5, 0.6) is 0 Å². The molecule has 0 saturated heterocycles. The van der Waals surface area contributed by atoms with E-state index in [2.05, 4.69) is 15.2 Å². The van der Waals surface area contributed by atoms with Crippen LogP contribution in [-0.4, -0.2) is 32.2 Å². The molecule has 0 saturated carbocycles. The van der Waals surface area contributed by atoms with Gasteiger partial charge in [0.25, 0.3) is 0 Å². The van der Waals surface area contributed by atoms with Crippen LogP contribution in [0.15, 0.2) is 0 Å². The third-order valence-corrected chi connectivity index (χ3v) is 1.71. The van der Waals surface area contributed by atoms with Gasteiger partial charge in [-0.05, 0) is 19.1 Å². The molecule has 12 heavy (non-hydrogen) atoms. The SMILES string of the molecule is Cc1nc(CN(C)C(N)=S)n[nH]1. The molecule has 0 bridgehead atoms. The molecular formula is C6H11N5S. The highest BCUT2D eigenvalue weighted by Crippen LogP contribution is 1.95. The van der Waals surface area contributed by atoms with Crippen LogP contribution in [0, 0.1) is 6.92 Å². The molecule has 3 N–H and O–H groups in total. The van der Waals surface area contributed by atoms with Crippen molar-refractivity contribution >= 4 is 17.3 Å². The summed E-state index contributed by atoms with van der Waals surface area (Å²) in [6, 6.07) is 0. The molecule has 0 fully saturated rings. The van der Waals surface area contributed by atoms with Gasteiger partial charge >= 0.3 is 0 Å². The van der Waals surface area contributed by atoms with E-state index in [1.165, 1.54) is 0 Å². The molecule has 0 unspecified atom stereocenters. The predicted octanol–water partition coefficient (Wildman–Crippen LogP) is -0.211. The van der Waals surface area contributed by atoms with Crippen molar-refractivity contribution in [1.82, 2.24) is 20.1 Å². The second kappa shape index (κ2) is 3.48. The van der Waals surface area contributed by atoms with Crippen LogP contribution in [0.25, 0.3) is 0 Å². The number of hydrogen-bond acceptors (Lipinski definition) is 3. The molecule has 0 spiro atoms. The van der Waals surface area contributed by atoms with Crippen molar-refractivity contribution in [2.24, 2.45) is 5.73 Å². The second-order valence-corrected chi connectivity index (χ2v) is 2.95. The molecule has 5 nitrogen and oxygen atoms in total. The highest BCUT2D eigenvalue weighted by atomic mass is 32.1. The Balaban J connectivity index is 2.58. The zero-order chi connectivity index (χ0) is 9.14. The van der Waals surface area contributed by atoms with Gasteiger partial charge in [-0.2, -0.15) is 5.10 Å². The summed E-state index contributed by atoms with van der Waals surface area (Å²) in [5, 5.41) is 7.03. The summed E-state index contributed by atoms with van der Waals surface area (Å²) in [7, 11) is 1.80. The number of thiocarbonyl (C=S) groups is 1. The number of aryl methyl sites for hydroxylation is 1. The fraction of sp³-hybridized carbons (Fsp3) is 0.500. The normalized spacial score (nSPS) is 9.83. The molecule has 0 aliphatic carbocycles. The summed E-state index contributed by atoms with van der Waals surface area (Å²) in [4.78, 5) is 5.82. The Labute approximate surface area is 76.0 Å². The summed E-state index contributed by atoms with van der Waals surface area (Å²) in [5.41, 5.74) is 5.38. The van der Waals surface area contributed by atoms with Crippen LogP contribution >= 0.6 is 12.2 Å². The summed E-state index contributed by atoms with van der Waals surface area (Å²) in [6.45, 7) is 2.39. The Hall–Kier alpha value is -1.17. The van der Waals surface area contributed by atoms with Gasteiger partial charge in [0.1, 0.15) is 5.82 Å². The van der Waals surface area contributed by atoms with Gasteiger partial charge in [0, 0.05) is 7.05 Å². The first kappa shape index (κ1) is 8.92. The number of nitrogens with two attached hydrogens (primary N) is 1. The summed E-state index contributed by atoms with van der Waals surface area (Å²) in [5.74, 6) is 1.49. The second-order valence-electron chi connectivity index (χ2n) is 2.53. The van der Waals surface area contributed by atoms with Crippen molar-refractivity contribution in [3.63, 3.8) is 0 Å². The first-order valence-electron chi connectivity index (χ1n) is 3.48. The monoisotopic (exact) mass is 185 g/mol. The van der Waals surface area contributed by atoms with E-state index in [9.17, 15) is 0 Å². The van der Waals surface area contributed by atoms with Gasteiger partial charge in [0.2, 0.25) is 0 Å². The number of nitrogens with zero attached hydrogens (tertiary/aromatic N) is 3. The fourth-order valence-corrected chi connectivity index (χ4v) is 0.814. The predicted molar refractivity (Wildman–Crippen MR) is 49.4 cm³/mol. The minimum atomic E-state index is 0.345. The minimum absolute atomic E-state index is 0.345. The molecule has 1 heterocycles. The average Bonchev–Trinajstić information content (AvgIpc) is 2.35. The van der Waals surface area contributed by atoms with Crippen molar-refractivity contribution in [2.45, 2.75) is 13.5 Å². The maximum atomic E-state index is 5.38. The molecule has 0 atom stereocenters. The van der Waals surface area contributed by atoms with E-state index in [4.69, 9.17) is 18.0 Å². The lowest BCUT2D eigenvalue weighted by molar-refractivity contribution is 0.487. The smallest absolute Gasteiger partial charge is 0.169 e. The molecule has 0 aliphatic rings. The lowest BCUT2D eigenvalue weighted by atomic mass is 10.5. The van der Waals surface area contributed by atoms with Gasteiger partial charge < -0.3 is 10.6 Å². The van der Waals surface area contributed by atoms with Crippen LogP contribution in [0.1, 0.15) is 11.6 Å². The van der Waals surface area contributed by atoms with E-state index in [0.717, 1.165) is 5.82 Å². The van der Waals surface area contributed by atoms with Gasteiger partial charge in [0.05, 0.1) is 6.54 Å². The number of rotatable bonds is 2. The highest BCUT2D eigenvalue weighted by Gasteiger charge is 2.04. The Kier molecular flexibility index (Phi) is 2.59. The van der Waals surface area contributed by atoms with E-state index in [1.807, 2.05) is 6.92 Å². The third-order valence-electron chi connectivity index (χ3n) is 1.40. The Morgan fingerprint density at radius 3 is 2.83 bits per heavy atom. The van der Waals surface area contributed by atoms with Gasteiger partial charge in [-0.3, -0.25) is 5.10 Å². The fourth-order valence-electron chi connectivity index (χ4n) is 0.750. The topological polar surface area (TPSA) is 70.8 Å². The Morgan fingerprint density at radius 2 is 2.42 bits per heavy atom. The molecule has 0 amide bonds. The van der Waals surface area contributed by atoms with Crippen molar-refractivity contribution < 1.29 is 0 Å². The van der Waals surface area contributed by atoms with Gasteiger partial charge in [-0.1, -0.05) is 0 Å². The zero-order valence-corrected chi connectivity index (χ0v) is 7.85. The van der Waals surface area contributed by atoms with Crippen molar-refractivity contribution in [2.75, 3.05) is 7.05 Å². The quantitative estimate of drug-likeness (QED) is 0.624. The zero-order valence-electron chi connectivity index (χ0n) is 7.03. The van der Waals surface area contributed by atoms with Gasteiger partial charge in [-0.15, -0.1) is 0 Å². The molecule has 1 aromatic rings. The lowest BCUT2D eigenvalue weighted by Gasteiger charge is -2.13. The van der Waals surface area contributed by atoms with Crippen molar-refractivity contribution in [3.05, 3.63) is 11.6 Å². The van der Waals surface area contributed by atoms with E-state index < -0.39 is 0 Å². The van der Waals surface area contributed by atoms with Crippen LogP contribution in [0.4, 0.5) is 0 Å². The molecule has 0 radical (unpaired) electrons. The summed E-state index contributed by atoms with van der Waals surface area (Å²) in [6.07, 6.45) is 0. The number of nitrogens with one attached hydrogen (secondary N) is 1. The van der Waals surface area contributed by atoms with Crippen molar-refractivity contribution in [1.29, 1.82) is 0 Å². The maximum Gasteiger partial charge on any atom is 0.169 e. The number of H-pyrrole nitrogens is 1. The number of aromatic nitrogens is 3. The highest BCUT2D eigenvalue weighted by molar-refractivity contribution is 7.80. The summed E-state index contributed by atoms with van der Waals surface area (Å²) < 4.78 is 0. The van der Waals surface area contributed by atoms with Crippen molar-refractivity contribution in [3.8, 4) is 0 Å². The Morgan fingerprint density at radius 1 is 1.75 bits per heavy atom. The largest absolute Gasteiger partial charge is 0.376 e. The van der Waals surface area contributed by atoms with Crippen LogP contribution < -0.4 is 5.73 Å². The van der Waals surface area contributed by atoms with Crippen LogP contribution in [0.3, 0.4) is 0 Å². The number of aromatic amines is 1. The molecule has 6 heteroatoms. The van der Waals surface area contributed by atoms with E-state index in [0.29, 0.717) is 17.5 Å². The molecule has 1 rings (SSSR count). The summed E-state index contributed by atoms with van der Waals surface area (Å²) >= 11 is 4.76. The minimum Gasteiger partial charge on any atom is -0.376 e. The lowest BCUT2D eigenvalue weighted by Crippen LogP contribution is -2.31. The molecule has 1 aromatic heterocycles. The standard InChI is InChI=1S/C6H11N5S/c1-4-8-5(10-9-4)3-11(2)6(7)12/h3H2,1-2H3,(H2,7,12)(H,8,9,10). The van der Waals surface area contributed by atoms with E-state index in [1.54, 1.807) is 11.9 Å². The van der Waals surface area contributed by atoms with Crippen LogP contribution in [0.2, 0.25) is 0 Å². The molecule has 0 aliphatic heterocycles.